The van der Waals surface area contributed by atoms with Gasteiger partial charge in [0.15, 0.2) is 5.78 Å². The lowest BCUT2D eigenvalue weighted by molar-refractivity contribution is 0.0956. The molecule has 1 saturated carbocycles. The highest BCUT2D eigenvalue weighted by molar-refractivity contribution is 6.03. The first-order chi connectivity index (χ1) is 8.25. The second-order valence-electron chi connectivity index (χ2n) is 4.87. The summed E-state index contributed by atoms with van der Waals surface area (Å²) in [6.07, 6.45) is 3.88. The van der Waals surface area contributed by atoms with E-state index in [9.17, 15) is 9.59 Å². The molecule has 17 heavy (non-hydrogen) atoms. The Morgan fingerprint density at radius 3 is 2.88 bits per heavy atom. The average molecular weight is 229 g/mol. The van der Waals surface area contributed by atoms with E-state index in [2.05, 4.69) is 5.32 Å². The molecule has 0 bridgehead atoms. The summed E-state index contributed by atoms with van der Waals surface area (Å²) in [5.74, 6) is 0.370. The minimum absolute atomic E-state index is 0.0389. The van der Waals surface area contributed by atoms with Gasteiger partial charge in [-0.3, -0.25) is 9.59 Å². The van der Waals surface area contributed by atoms with Crippen molar-refractivity contribution >= 4 is 11.7 Å². The lowest BCUT2D eigenvalue weighted by Crippen LogP contribution is -2.23. The second-order valence-corrected chi connectivity index (χ2v) is 4.87. The molecule has 0 spiro atoms. The lowest BCUT2D eigenvalue weighted by atomic mass is 9.98. The summed E-state index contributed by atoms with van der Waals surface area (Å²) in [6, 6.07) is 5.59. The minimum atomic E-state index is -0.0389. The van der Waals surface area contributed by atoms with E-state index in [0.717, 1.165) is 37.8 Å². The van der Waals surface area contributed by atoms with Gasteiger partial charge in [-0.25, -0.2) is 0 Å². The Labute approximate surface area is 100 Å². The van der Waals surface area contributed by atoms with E-state index in [1.165, 1.54) is 0 Å². The van der Waals surface area contributed by atoms with Crippen LogP contribution in [-0.2, 0) is 6.42 Å². The summed E-state index contributed by atoms with van der Waals surface area (Å²) in [6.45, 7) is 0.722. The van der Waals surface area contributed by atoms with E-state index < -0.39 is 0 Å². The number of amides is 1. The van der Waals surface area contributed by atoms with Crippen LogP contribution < -0.4 is 5.32 Å². The minimum Gasteiger partial charge on any atom is -0.352 e. The maximum atomic E-state index is 12.0. The molecule has 1 aliphatic heterocycles. The normalized spacial score (nSPS) is 19.2. The molecule has 1 N–H and O–H groups in total. The van der Waals surface area contributed by atoms with Crippen LogP contribution in [0.4, 0.5) is 0 Å². The molecule has 0 unspecified atom stereocenters. The average Bonchev–Trinajstić information content (AvgIpc) is 3.17. The van der Waals surface area contributed by atoms with Crippen molar-refractivity contribution in [2.24, 2.45) is 5.92 Å². The fourth-order valence-corrected chi connectivity index (χ4v) is 2.32. The number of rotatable bonds is 2. The SMILES string of the molecule is O=C1NCCCc2ccc(C(=O)C3CC3)cc21. The van der Waals surface area contributed by atoms with Crippen molar-refractivity contribution < 1.29 is 9.59 Å². The summed E-state index contributed by atoms with van der Waals surface area (Å²) in [7, 11) is 0. The van der Waals surface area contributed by atoms with Gasteiger partial charge in [0.2, 0.25) is 0 Å². The van der Waals surface area contributed by atoms with E-state index in [1.807, 2.05) is 12.1 Å². The van der Waals surface area contributed by atoms with Crippen molar-refractivity contribution in [2.45, 2.75) is 25.7 Å². The molecular formula is C14H15NO2. The molecule has 0 radical (unpaired) electrons. The van der Waals surface area contributed by atoms with Crippen molar-refractivity contribution in [1.29, 1.82) is 0 Å². The molecule has 1 aromatic carbocycles. The van der Waals surface area contributed by atoms with Gasteiger partial charge in [-0.1, -0.05) is 12.1 Å². The van der Waals surface area contributed by atoms with Crippen LogP contribution >= 0.6 is 0 Å². The fourth-order valence-electron chi connectivity index (χ4n) is 2.32. The van der Waals surface area contributed by atoms with E-state index in [-0.39, 0.29) is 17.6 Å². The first-order valence-electron chi connectivity index (χ1n) is 6.21. The van der Waals surface area contributed by atoms with Gasteiger partial charge in [-0.15, -0.1) is 0 Å². The first kappa shape index (κ1) is 10.5. The molecule has 1 amide bonds. The number of Topliss-reactive ketones (excluding diaryl/α,β-unsaturated/α-hetero) is 1. The number of nitrogens with one attached hydrogen (secondary N) is 1. The van der Waals surface area contributed by atoms with Crippen molar-refractivity contribution in [2.75, 3.05) is 6.54 Å². The zero-order chi connectivity index (χ0) is 11.8. The molecule has 0 atom stereocenters. The Hall–Kier alpha value is -1.64. The van der Waals surface area contributed by atoms with Crippen molar-refractivity contribution in [3.63, 3.8) is 0 Å². The quantitative estimate of drug-likeness (QED) is 0.788. The molecule has 3 heteroatoms. The topological polar surface area (TPSA) is 46.2 Å². The Kier molecular flexibility index (Phi) is 2.46. The standard InChI is InChI=1S/C14H15NO2/c16-13(10-4-5-10)11-6-3-9-2-1-7-15-14(17)12(9)8-11/h3,6,8,10H,1-2,4-5,7H2,(H,15,17). The predicted octanol–water partition coefficient (Wildman–Crippen LogP) is 1.96. The summed E-state index contributed by atoms with van der Waals surface area (Å²) < 4.78 is 0. The number of ketones is 1. The number of carbonyl (C=O) groups is 2. The molecule has 0 aromatic heterocycles. The highest BCUT2D eigenvalue weighted by Gasteiger charge is 2.31. The first-order valence-corrected chi connectivity index (χ1v) is 6.21. The smallest absolute Gasteiger partial charge is 0.251 e. The van der Waals surface area contributed by atoms with Gasteiger partial charge >= 0.3 is 0 Å². The van der Waals surface area contributed by atoms with Crippen LogP contribution in [0.15, 0.2) is 18.2 Å². The molecule has 88 valence electrons. The van der Waals surface area contributed by atoms with Crippen LogP contribution in [0.1, 0.15) is 45.5 Å². The van der Waals surface area contributed by atoms with Gasteiger partial charge in [0.25, 0.3) is 5.91 Å². The van der Waals surface area contributed by atoms with Gasteiger partial charge in [0.1, 0.15) is 0 Å². The van der Waals surface area contributed by atoms with Crippen LogP contribution in [0.2, 0.25) is 0 Å². The van der Waals surface area contributed by atoms with Gasteiger partial charge in [0.05, 0.1) is 0 Å². The van der Waals surface area contributed by atoms with Gasteiger partial charge in [0, 0.05) is 23.6 Å². The summed E-state index contributed by atoms with van der Waals surface area (Å²) in [4.78, 5) is 23.8. The Bertz CT molecular complexity index is 489. The molecular weight excluding hydrogens is 214 g/mol. The zero-order valence-corrected chi connectivity index (χ0v) is 9.66. The third-order valence-electron chi connectivity index (χ3n) is 3.50. The largest absolute Gasteiger partial charge is 0.352 e. The van der Waals surface area contributed by atoms with Crippen LogP contribution in [0, 0.1) is 5.92 Å². The van der Waals surface area contributed by atoms with Crippen molar-refractivity contribution in [3.8, 4) is 0 Å². The fraction of sp³-hybridized carbons (Fsp3) is 0.429. The number of fused-ring (bicyclic) bond motifs is 1. The van der Waals surface area contributed by atoms with E-state index in [0.29, 0.717) is 11.1 Å². The maximum absolute atomic E-state index is 12.0. The van der Waals surface area contributed by atoms with E-state index in [4.69, 9.17) is 0 Å². The van der Waals surface area contributed by atoms with Crippen LogP contribution in [-0.4, -0.2) is 18.2 Å². The molecule has 1 aliphatic carbocycles. The third-order valence-corrected chi connectivity index (χ3v) is 3.50. The van der Waals surface area contributed by atoms with E-state index in [1.54, 1.807) is 6.07 Å². The van der Waals surface area contributed by atoms with Gasteiger partial charge in [-0.05, 0) is 37.3 Å². The van der Waals surface area contributed by atoms with Crippen LogP contribution in [0.3, 0.4) is 0 Å². The predicted molar refractivity (Wildman–Crippen MR) is 64.2 cm³/mol. The Morgan fingerprint density at radius 2 is 2.12 bits per heavy atom. The lowest BCUT2D eigenvalue weighted by Gasteiger charge is -2.06. The molecule has 1 fully saturated rings. The molecule has 3 rings (SSSR count). The van der Waals surface area contributed by atoms with E-state index >= 15 is 0 Å². The highest BCUT2D eigenvalue weighted by Crippen LogP contribution is 2.33. The molecule has 1 heterocycles. The number of hydrogen-bond acceptors (Lipinski definition) is 2. The third kappa shape index (κ3) is 1.97. The summed E-state index contributed by atoms with van der Waals surface area (Å²) in [5.41, 5.74) is 2.45. The Balaban J connectivity index is 1.98. The van der Waals surface area contributed by atoms with Gasteiger partial charge < -0.3 is 5.32 Å². The summed E-state index contributed by atoms with van der Waals surface area (Å²) >= 11 is 0. The number of carbonyl (C=O) groups excluding carboxylic acids is 2. The molecule has 1 aromatic rings. The number of aryl methyl sites for hydroxylation is 1. The maximum Gasteiger partial charge on any atom is 0.251 e. The van der Waals surface area contributed by atoms with Crippen LogP contribution in [0.5, 0.6) is 0 Å². The monoisotopic (exact) mass is 229 g/mol. The van der Waals surface area contributed by atoms with Crippen molar-refractivity contribution in [1.82, 2.24) is 5.32 Å². The highest BCUT2D eigenvalue weighted by atomic mass is 16.1. The van der Waals surface area contributed by atoms with Crippen molar-refractivity contribution in [3.05, 3.63) is 34.9 Å². The molecule has 0 saturated heterocycles. The number of hydrogen-bond donors (Lipinski definition) is 1. The Morgan fingerprint density at radius 1 is 1.29 bits per heavy atom. The molecule has 3 nitrogen and oxygen atoms in total. The number of benzene rings is 1. The second kappa shape index (κ2) is 3.99. The molecule has 2 aliphatic rings. The van der Waals surface area contributed by atoms with Crippen LogP contribution in [0.25, 0.3) is 0 Å². The zero-order valence-electron chi connectivity index (χ0n) is 9.66. The summed E-state index contributed by atoms with van der Waals surface area (Å²) in [5, 5.41) is 2.86. The van der Waals surface area contributed by atoms with Gasteiger partial charge in [-0.2, -0.15) is 0 Å².